The molecular weight excluding hydrogens is 385 g/mol. The molecule has 2 aromatic carbocycles. The number of halogens is 3. The van der Waals surface area contributed by atoms with Gasteiger partial charge < -0.3 is 15.0 Å². The van der Waals surface area contributed by atoms with Gasteiger partial charge in [0.25, 0.3) is 0 Å². The molecule has 0 saturated carbocycles. The Balaban J connectivity index is 1.60. The molecule has 29 heavy (non-hydrogen) atoms. The lowest BCUT2D eigenvalue weighted by atomic mass is 9.99. The van der Waals surface area contributed by atoms with Crippen molar-refractivity contribution in [2.75, 3.05) is 25.1 Å². The number of carbonyl (C=O) groups excluding carboxylic acids is 2. The third-order valence-electron chi connectivity index (χ3n) is 4.82. The van der Waals surface area contributed by atoms with Crippen LogP contribution >= 0.6 is 0 Å². The standard InChI is InChI=1S/C21H21F3N2O3/c1-29-20(28)15-6-4-14(5-7-15)12-25-19(27)13-26-10-2-3-16-11-17(21(22,23)24)8-9-18(16)26/h4-9,11H,2-3,10,12-13H2,1H3,(H,25,27). The van der Waals surface area contributed by atoms with Crippen LogP contribution in [0.5, 0.6) is 0 Å². The fourth-order valence-electron chi connectivity index (χ4n) is 3.32. The summed E-state index contributed by atoms with van der Waals surface area (Å²) in [5.41, 5.74) is 1.85. The number of esters is 1. The summed E-state index contributed by atoms with van der Waals surface area (Å²) in [4.78, 5) is 25.6. The number of benzene rings is 2. The zero-order valence-electron chi connectivity index (χ0n) is 15.9. The number of ether oxygens (including phenoxy) is 1. The van der Waals surface area contributed by atoms with Crippen LogP contribution in [0.15, 0.2) is 42.5 Å². The molecule has 1 heterocycles. The van der Waals surface area contributed by atoms with Gasteiger partial charge in [0.05, 0.1) is 24.8 Å². The highest BCUT2D eigenvalue weighted by Gasteiger charge is 2.32. The molecule has 0 bridgehead atoms. The fraction of sp³-hybridized carbons (Fsp3) is 0.333. The van der Waals surface area contributed by atoms with Gasteiger partial charge in [-0.1, -0.05) is 12.1 Å². The molecule has 0 atom stereocenters. The fourth-order valence-corrected chi connectivity index (χ4v) is 3.32. The second-order valence-corrected chi connectivity index (χ2v) is 6.83. The second-order valence-electron chi connectivity index (χ2n) is 6.83. The highest BCUT2D eigenvalue weighted by atomic mass is 19.4. The van der Waals surface area contributed by atoms with Crippen LogP contribution in [0.4, 0.5) is 18.9 Å². The molecule has 1 aliphatic rings. The van der Waals surface area contributed by atoms with Gasteiger partial charge in [-0.25, -0.2) is 4.79 Å². The summed E-state index contributed by atoms with van der Waals surface area (Å²) in [7, 11) is 1.30. The summed E-state index contributed by atoms with van der Waals surface area (Å²) in [5, 5.41) is 2.80. The Morgan fingerprint density at radius 2 is 1.86 bits per heavy atom. The van der Waals surface area contributed by atoms with Gasteiger partial charge in [-0.05, 0) is 54.3 Å². The number of aryl methyl sites for hydroxylation is 1. The molecule has 0 aromatic heterocycles. The molecule has 5 nitrogen and oxygen atoms in total. The first-order valence-electron chi connectivity index (χ1n) is 9.17. The maximum Gasteiger partial charge on any atom is 0.416 e. The molecule has 1 aliphatic heterocycles. The first kappa shape index (κ1) is 20.7. The summed E-state index contributed by atoms with van der Waals surface area (Å²) in [6, 6.07) is 10.3. The number of carbonyl (C=O) groups is 2. The minimum Gasteiger partial charge on any atom is -0.465 e. The molecule has 0 saturated heterocycles. The van der Waals surface area contributed by atoms with E-state index in [1.165, 1.54) is 19.2 Å². The van der Waals surface area contributed by atoms with Gasteiger partial charge in [0, 0.05) is 18.8 Å². The van der Waals surface area contributed by atoms with Crippen LogP contribution in [0.2, 0.25) is 0 Å². The van der Waals surface area contributed by atoms with Crippen molar-refractivity contribution in [2.45, 2.75) is 25.6 Å². The molecule has 8 heteroatoms. The molecule has 0 spiro atoms. The first-order valence-corrected chi connectivity index (χ1v) is 9.17. The quantitative estimate of drug-likeness (QED) is 0.772. The highest BCUT2D eigenvalue weighted by molar-refractivity contribution is 5.89. The molecule has 1 N–H and O–H groups in total. The van der Waals surface area contributed by atoms with E-state index in [2.05, 4.69) is 10.1 Å². The number of nitrogens with zero attached hydrogens (tertiary/aromatic N) is 1. The zero-order valence-corrected chi connectivity index (χ0v) is 15.9. The molecular formula is C21H21F3N2O3. The Morgan fingerprint density at radius 3 is 2.52 bits per heavy atom. The summed E-state index contributed by atoms with van der Waals surface area (Å²) >= 11 is 0. The summed E-state index contributed by atoms with van der Waals surface area (Å²) in [6.45, 7) is 0.964. The van der Waals surface area contributed by atoms with Crippen LogP contribution in [0.25, 0.3) is 0 Å². The summed E-state index contributed by atoms with van der Waals surface area (Å²) < 4.78 is 43.4. The lowest BCUT2D eigenvalue weighted by Crippen LogP contribution is -2.39. The predicted molar refractivity (Wildman–Crippen MR) is 102 cm³/mol. The summed E-state index contributed by atoms with van der Waals surface area (Å²) in [6.07, 6.45) is -3.13. The SMILES string of the molecule is COC(=O)c1ccc(CNC(=O)CN2CCCc3cc(C(F)(F)F)ccc32)cc1. The van der Waals surface area contributed by atoms with E-state index < -0.39 is 17.7 Å². The molecule has 0 fully saturated rings. The molecule has 0 radical (unpaired) electrons. The number of hydrogen-bond acceptors (Lipinski definition) is 4. The summed E-state index contributed by atoms with van der Waals surface area (Å²) in [5.74, 6) is -0.659. The van der Waals surface area contributed by atoms with Crippen molar-refractivity contribution in [3.63, 3.8) is 0 Å². The van der Waals surface area contributed by atoms with Gasteiger partial charge in [-0.2, -0.15) is 13.2 Å². The van der Waals surface area contributed by atoms with E-state index >= 15 is 0 Å². The van der Waals surface area contributed by atoms with Crippen molar-refractivity contribution in [1.82, 2.24) is 5.32 Å². The average Bonchev–Trinajstić information content (AvgIpc) is 2.71. The van der Waals surface area contributed by atoms with Crippen molar-refractivity contribution in [3.05, 3.63) is 64.7 Å². The minimum atomic E-state index is -4.38. The van der Waals surface area contributed by atoms with E-state index in [0.717, 1.165) is 11.6 Å². The molecule has 154 valence electrons. The van der Waals surface area contributed by atoms with Crippen molar-refractivity contribution < 1.29 is 27.5 Å². The number of fused-ring (bicyclic) bond motifs is 1. The molecule has 2 aromatic rings. The van der Waals surface area contributed by atoms with Gasteiger partial charge in [-0.15, -0.1) is 0 Å². The lowest BCUT2D eigenvalue weighted by molar-refractivity contribution is -0.137. The van der Waals surface area contributed by atoms with Gasteiger partial charge >= 0.3 is 12.1 Å². The van der Waals surface area contributed by atoms with Crippen LogP contribution < -0.4 is 10.2 Å². The van der Waals surface area contributed by atoms with E-state index in [1.54, 1.807) is 29.2 Å². The van der Waals surface area contributed by atoms with Crippen LogP contribution in [0, 0.1) is 0 Å². The predicted octanol–water partition coefficient (Wildman–Crippen LogP) is 3.56. The number of hydrogen-bond donors (Lipinski definition) is 1. The molecule has 0 aliphatic carbocycles. The normalized spacial score (nSPS) is 13.6. The van der Waals surface area contributed by atoms with Crippen LogP contribution in [0.3, 0.4) is 0 Å². The van der Waals surface area contributed by atoms with Gasteiger partial charge in [0.15, 0.2) is 0 Å². The van der Waals surface area contributed by atoms with E-state index in [9.17, 15) is 22.8 Å². The molecule has 3 rings (SSSR count). The van der Waals surface area contributed by atoms with Crippen LogP contribution in [0.1, 0.15) is 33.5 Å². The van der Waals surface area contributed by atoms with Crippen molar-refractivity contribution in [3.8, 4) is 0 Å². The number of anilines is 1. The van der Waals surface area contributed by atoms with Crippen LogP contribution in [-0.2, 0) is 28.7 Å². The largest absolute Gasteiger partial charge is 0.465 e. The Labute approximate surface area is 166 Å². The Morgan fingerprint density at radius 1 is 1.14 bits per heavy atom. The Kier molecular flexibility index (Phi) is 6.10. The van der Waals surface area contributed by atoms with E-state index in [1.807, 2.05) is 0 Å². The number of rotatable bonds is 5. The highest BCUT2D eigenvalue weighted by Crippen LogP contribution is 2.35. The number of alkyl halides is 3. The number of nitrogens with one attached hydrogen (secondary N) is 1. The number of methoxy groups -OCH3 is 1. The minimum absolute atomic E-state index is 0.0681. The Hall–Kier alpha value is -3.03. The molecule has 1 amide bonds. The topological polar surface area (TPSA) is 58.6 Å². The van der Waals surface area contributed by atoms with E-state index in [-0.39, 0.29) is 19.0 Å². The second kappa shape index (κ2) is 8.55. The third kappa shape index (κ3) is 5.07. The van der Waals surface area contributed by atoms with E-state index in [0.29, 0.717) is 36.2 Å². The third-order valence-corrected chi connectivity index (χ3v) is 4.82. The zero-order chi connectivity index (χ0) is 21.0. The van der Waals surface area contributed by atoms with Gasteiger partial charge in [-0.3, -0.25) is 4.79 Å². The maximum absolute atomic E-state index is 12.9. The smallest absolute Gasteiger partial charge is 0.416 e. The van der Waals surface area contributed by atoms with Crippen molar-refractivity contribution in [1.29, 1.82) is 0 Å². The first-order chi connectivity index (χ1) is 13.8. The van der Waals surface area contributed by atoms with Gasteiger partial charge in [0.1, 0.15) is 0 Å². The van der Waals surface area contributed by atoms with Crippen molar-refractivity contribution >= 4 is 17.6 Å². The lowest BCUT2D eigenvalue weighted by Gasteiger charge is -2.31. The van der Waals surface area contributed by atoms with Crippen molar-refractivity contribution in [2.24, 2.45) is 0 Å². The number of amides is 1. The Bertz CT molecular complexity index is 895. The van der Waals surface area contributed by atoms with Gasteiger partial charge in [0.2, 0.25) is 5.91 Å². The molecule has 0 unspecified atom stereocenters. The van der Waals surface area contributed by atoms with Crippen LogP contribution in [-0.4, -0.2) is 32.1 Å². The monoisotopic (exact) mass is 406 g/mol. The van der Waals surface area contributed by atoms with E-state index in [4.69, 9.17) is 0 Å². The average molecular weight is 406 g/mol. The maximum atomic E-state index is 12.9.